The van der Waals surface area contributed by atoms with Gasteiger partial charge in [0, 0.05) is 12.0 Å². The molecule has 0 bridgehead atoms. The van der Waals surface area contributed by atoms with Gasteiger partial charge in [0.05, 0.1) is 12.0 Å². The molecule has 0 saturated carbocycles. The molecule has 0 spiro atoms. The fourth-order valence-corrected chi connectivity index (χ4v) is 1.51. The molecular weight excluding hydrogens is 277 g/mol. The van der Waals surface area contributed by atoms with Crippen molar-refractivity contribution in [3.8, 4) is 11.5 Å². The lowest BCUT2D eigenvalue weighted by Crippen LogP contribution is -2.09. The Bertz CT molecular complexity index is 622. The molecule has 106 valence electrons. The van der Waals surface area contributed by atoms with Crippen LogP contribution in [0.3, 0.4) is 0 Å². The average molecular weight is 286 g/mol. The maximum Gasteiger partial charge on any atom is 0.389 e. The van der Waals surface area contributed by atoms with Gasteiger partial charge in [0.15, 0.2) is 5.82 Å². The number of aromatic carboxylic acids is 1. The number of aromatic nitrogens is 2. The van der Waals surface area contributed by atoms with E-state index >= 15 is 0 Å². The quantitative estimate of drug-likeness (QED) is 0.935. The first kappa shape index (κ1) is 14.0. The molecule has 0 fully saturated rings. The van der Waals surface area contributed by atoms with Gasteiger partial charge in [-0.3, -0.25) is 0 Å². The van der Waals surface area contributed by atoms with Crippen LogP contribution in [0.4, 0.5) is 13.2 Å². The molecule has 1 aromatic carbocycles. The number of nitrogens with zero attached hydrogens (tertiary/aromatic N) is 2. The molecule has 1 aromatic heterocycles. The zero-order valence-electron chi connectivity index (χ0n) is 10.0. The van der Waals surface area contributed by atoms with Crippen LogP contribution >= 0.6 is 0 Å². The van der Waals surface area contributed by atoms with Gasteiger partial charge in [-0.25, -0.2) is 4.79 Å². The molecule has 0 aliphatic rings. The van der Waals surface area contributed by atoms with Gasteiger partial charge in [0.25, 0.3) is 5.89 Å². The van der Waals surface area contributed by atoms with E-state index in [1.165, 1.54) is 24.3 Å². The molecule has 1 N–H and O–H groups in total. The first-order chi connectivity index (χ1) is 9.35. The van der Waals surface area contributed by atoms with Crippen LogP contribution in [0.1, 0.15) is 22.6 Å². The lowest BCUT2D eigenvalue weighted by atomic mass is 10.1. The molecule has 2 rings (SSSR count). The third-order valence-electron chi connectivity index (χ3n) is 2.46. The van der Waals surface area contributed by atoms with E-state index in [9.17, 15) is 18.0 Å². The second-order valence-corrected chi connectivity index (χ2v) is 4.02. The molecule has 20 heavy (non-hydrogen) atoms. The van der Waals surface area contributed by atoms with Crippen LogP contribution < -0.4 is 0 Å². The van der Waals surface area contributed by atoms with Crippen molar-refractivity contribution >= 4 is 5.97 Å². The number of halogens is 3. The van der Waals surface area contributed by atoms with Crippen LogP contribution in [-0.4, -0.2) is 27.4 Å². The largest absolute Gasteiger partial charge is 0.478 e. The van der Waals surface area contributed by atoms with Crippen LogP contribution in [0.5, 0.6) is 0 Å². The van der Waals surface area contributed by atoms with E-state index in [0.29, 0.717) is 5.56 Å². The summed E-state index contributed by atoms with van der Waals surface area (Å²) in [4.78, 5) is 14.6. The normalized spacial score (nSPS) is 11.6. The number of carbonyl (C=O) groups is 1. The Morgan fingerprint density at radius 3 is 2.75 bits per heavy atom. The summed E-state index contributed by atoms with van der Waals surface area (Å²) >= 11 is 0. The Labute approximate surface area is 111 Å². The van der Waals surface area contributed by atoms with Crippen LogP contribution in [0, 0.1) is 0 Å². The summed E-state index contributed by atoms with van der Waals surface area (Å²) in [6, 6.07) is 5.71. The summed E-state index contributed by atoms with van der Waals surface area (Å²) in [6.45, 7) is 0. The molecule has 1 heterocycles. The zero-order chi connectivity index (χ0) is 14.8. The van der Waals surface area contributed by atoms with Crippen molar-refractivity contribution < 1.29 is 27.6 Å². The number of aryl methyl sites for hydroxylation is 1. The molecule has 2 aromatic rings. The molecule has 0 amide bonds. The first-order valence-electron chi connectivity index (χ1n) is 5.58. The lowest BCUT2D eigenvalue weighted by Gasteiger charge is -2.01. The summed E-state index contributed by atoms with van der Waals surface area (Å²) in [6.07, 6.45) is -5.71. The minimum atomic E-state index is -4.29. The highest BCUT2D eigenvalue weighted by Gasteiger charge is 2.27. The van der Waals surface area contributed by atoms with Gasteiger partial charge in [-0.15, -0.1) is 0 Å². The highest BCUT2D eigenvalue weighted by atomic mass is 19.4. The van der Waals surface area contributed by atoms with E-state index in [4.69, 9.17) is 9.63 Å². The van der Waals surface area contributed by atoms with Crippen molar-refractivity contribution in [2.75, 3.05) is 0 Å². The highest BCUT2D eigenvalue weighted by molar-refractivity contribution is 5.88. The second kappa shape index (κ2) is 5.32. The molecular formula is C12H9F3N2O3. The number of carboxylic acids is 1. The predicted octanol–water partition coefficient (Wildman–Crippen LogP) is 2.93. The summed E-state index contributed by atoms with van der Waals surface area (Å²) in [5.74, 6) is -1.20. The minimum Gasteiger partial charge on any atom is -0.478 e. The minimum absolute atomic E-state index is 0.00901. The molecule has 0 radical (unpaired) electrons. The van der Waals surface area contributed by atoms with Gasteiger partial charge in [-0.05, 0) is 18.2 Å². The van der Waals surface area contributed by atoms with Crippen molar-refractivity contribution in [3.05, 3.63) is 35.7 Å². The van der Waals surface area contributed by atoms with Gasteiger partial charge in [-0.1, -0.05) is 11.2 Å². The number of alkyl halides is 3. The first-order valence-corrected chi connectivity index (χ1v) is 5.58. The molecule has 0 saturated heterocycles. The van der Waals surface area contributed by atoms with E-state index in [1.54, 1.807) is 0 Å². The summed E-state index contributed by atoms with van der Waals surface area (Å²) in [7, 11) is 0. The summed E-state index contributed by atoms with van der Waals surface area (Å²) < 4.78 is 41.0. The molecule has 5 nitrogen and oxygen atoms in total. The highest BCUT2D eigenvalue weighted by Crippen LogP contribution is 2.23. The maximum atomic E-state index is 12.1. The van der Waals surface area contributed by atoms with Crippen LogP contribution in [0.15, 0.2) is 28.8 Å². The van der Waals surface area contributed by atoms with Gasteiger partial charge in [0.2, 0.25) is 0 Å². The predicted molar refractivity (Wildman–Crippen MR) is 61.1 cm³/mol. The molecule has 8 heteroatoms. The van der Waals surface area contributed by atoms with Crippen molar-refractivity contribution in [3.63, 3.8) is 0 Å². The van der Waals surface area contributed by atoms with E-state index < -0.39 is 18.6 Å². The van der Waals surface area contributed by atoms with Crippen molar-refractivity contribution in [1.82, 2.24) is 10.1 Å². The van der Waals surface area contributed by atoms with E-state index in [1.807, 2.05) is 0 Å². The lowest BCUT2D eigenvalue weighted by molar-refractivity contribution is -0.134. The maximum absolute atomic E-state index is 12.1. The fraction of sp³-hybridized carbons (Fsp3) is 0.250. The van der Waals surface area contributed by atoms with Crippen molar-refractivity contribution in [2.45, 2.75) is 19.0 Å². The topological polar surface area (TPSA) is 76.2 Å². The van der Waals surface area contributed by atoms with Gasteiger partial charge in [-0.2, -0.15) is 18.2 Å². The Hall–Kier alpha value is -2.38. The van der Waals surface area contributed by atoms with E-state index in [0.717, 1.165) is 0 Å². The average Bonchev–Trinajstić information content (AvgIpc) is 2.84. The molecule has 0 aliphatic carbocycles. The number of carboxylic acid groups (broad SMARTS) is 1. The molecule has 0 aliphatic heterocycles. The third kappa shape index (κ3) is 3.56. The summed E-state index contributed by atoms with van der Waals surface area (Å²) in [5, 5.41) is 12.3. The second-order valence-electron chi connectivity index (χ2n) is 4.02. The summed E-state index contributed by atoms with van der Waals surface area (Å²) in [5.41, 5.74) is 0.369. The number of hydrogen-bond acceptors (Lipinski definition) is 4. The van der Waals surface area contributed by atoms with Crippen LogP contribution in [0.25, 0.3) is 11.5 Å². The SMILES string of the molecule is O=C(O)c1cccc(-c2nc(CCC(F)(F)F)no2)c1. The third-order valence-corrected chi connectivity index (χ3v) is 2.46. The van der Waals surface area contributed by atoms with Crippen molar-refractivity contribution in [2.24, 2.45) is 0 Å². The standard InChI is InChI=1S/C12H9F3N2O3/c13-12(14,15)5-4-9-16-10(20-17-9)7-2-1-3-8(6-7)11(18)19/h1-3,6H,4-5H2,(H,18,19). The van der Waals surface area contributed by atoms with E-state index in [-0.39, 0.29) is 23.7 Å². The van der Waals surface area contributed by atoms with Crippen LogP contribution in [0.2, 0.25) is 0 Å². The number of benzene rings is 1. The van der Waals surface area contributed by atoms with Crippen LogP contribution in [-0.2, 0) is 6.42 Å². The van der Waals surface area contributed by atoms with Gasteiger partial charge < -0.3 is 9.63 Å². The van der Waals surface area contributed by atoms with Crippen molar-refractivity contribution in [1.29, 1.82) is 0 Å². The van der Waals surface area contributed by atoms with Gasteiger partial charge >= 0.3 is 12.1 Å². The number of rotatable bonds is 4. The monoisotopic (exact) mass is 286 g/mol. The fourth-order valence-electron chi connectivity index (χ4n) is 1.51. The Morgan fingerprint density at radius 1 is 1.35 bits per heavy atom. The molecule has 0 atom stereocenters. The smallest absolute Gasteiger partial charge is 0.389 e. The Morgan fingerprint density at radius 2 is 2.10 bits per heavy atom. The molecule has 0 unspecified atom stereocenters. The Kier molecular flexibility index (Phi) is 3.73. The zero-order valence-corrected chi connectivity index (χ0v) is 10.0. The van der Waals surface area contributed by atoms with Gasteiger partial charge in [0.1, 0.15) is 0 Å². The number of hydrogen-bond donors (Lipinski definition) is 1. The Balaban J connectivity index is 2.16. The van der Waals surface area contributed by atoms with E-state index in [2.05, 4.69) is 10.1 Å².